The van der Waals surface area contributed by atoms with Crippen LogP contribution in [-0.2, 0) is 0 Å². The maximum absolute atomic E-state index is 3.79. The Kier molecular flexibility index (Phi) is 8.02. The lowest BCUT2D eigenvalue weighted by molar-refractivity contribution is -0.965. The molecule has 1 aliphatic rings. The lowest BCUT2D eigenvalue weighted by Gasteiger charge is -2.54. The minimum Gasteiger partial charge on any atom is -0.321 e. The lowest BCUT2D eigenvalue weighted by Crippen LogP contribution is -2.65. The monoisotopic (exact) mass is 294 g/mol. The standard InChI is InChI=1S/C20H40N/c1-6-7-8-9-10-11-12-13-14-17-21(5)18-15-16-19(2)20(21,3)4/h6,19H,1,7-18H2,2-5H3/q+1. The maximum atomic E-state index is 3.79. The van der Waals surface area contributed by atoms with E-state index in [0.717, 1.165) is 5.92 Å². The van der Waals surface area contributed by atoms with Crippen molar-refractivity contribution in [1.82, 2.24) is 0 Å². The highest BCUT2D eigenvalue weighted by molar-refractivity contribution is 4.81. The molecule has 0 radical (unpaired) electrons. The zero-order chi connectivity index (χ0) is 15.8. The van der Waals surface area contributed by atoms with Gasteiger partial charge >= 0.3 is 0 Å². The molecule has 0 aromatic carbocycles. The highest BCUT2D eigenvalue weighted by Gasteiger charge is 2.46. The van der Waals surface area contributed by atoms with Crippen LogP contribution in [0, 0.1) is 5.92 Å². The summed E-state index contributed by atoms with van der Waals surface area (Å²) in [6.45, 7) is 14.0. The van der Waals surface area contributed by atoms with E-state index in [1.807, 2.05) is 6.08 Å². The molecule has 0 spiro atoms. The Morgan fingerprint density at radius 1 is 1.05 bits per heavy atom. The smallest absolute Gasteiger partial charge is 0.0959 e. The number of nitrogens with zero attached hydrogens (tertiary/aromatic N) is 1. The van der Waals surface area contributed by atoms with Crippen molar-refractivity contribution in [3.63, 3.8) is 0 Å². The number of quaternary nitrogens is 1. The molecule has 1 fully saturated rings. The Bertz CT molecular complexity index is 294. The van der Waals surface area contributed by atoms with Gasteiger partial charge in [-0.15, -0.1) is 6.58 Å². The van der Waals surface area contributed by atoms with Gasteiger partial charge in [-0.25, -0.2) is 0 Å². The van der Waals surface area contributed by atoms with Gasteiger partial charge in [0.2, 0.25) is 0 Å². The van der Waals surface area contributed by atoms with E-state index >= 15 is 0 Å². The predicted octanol–water partition coefficient (Wildman–Crippen LogP) is 5.95. The van der Waals surface area contributed by atoms with Crippen molar-refractivity contribution < 1.29 is 4.48 Å². The van der Waals surface area contributed by atoms with Crippen molar-refractivity contribution in [3.8, 4) is 0 Å². The van der Waals surface area contributed by atoms with E-state index in [1.165, 1.54) is 81.8 Å². The number of rotatable bonds is 10. The fourth-order valence-corrected chi connectivity index (χ4v) is 3.95. The average Bonchev–Trinajstić information content (AvgIpc) is 2.44. The Hall–Kier alpha value is -0.300. The second-order valence-corrected chi connectivity index (χ2v) is 8.09. The van der Waals surface area contributed by atoms with Crippen LogP contribution < -0.4 is 0 Å². The first-order valence-corrected chi connectivity index (χ1v) is 9.39. The van der Waals surface area contributed by atoms with E-state index in [1.54, 1.807) is 0 Å². The minimum absolute atomic E-state index is 0.461. The molecule has 1 nitrogen and oxygen atoms in total. The molecule has 1 aliphatic heterocycles. The Labute approximate surface area is 134 Å². The Balaban J connectivity index is 2.15. The molecule has 0 bridgehead atoms. The molecule has 0 aliphatic carbocycles. The molecule has 0 aromatic heterocycles. The minimum atomic E-state index is 0.461. The molecule has 0 amide bonds. The van der Waals surface area contributed by atoms with Crippen molar-refractivity contribution in [1.29, 1.82) is 0 Å². The maximum Gasteiger partial charge on any atom is 0.0959 e. The van der Waals surface area contributed by atoms with Crippen molar-refractivity contribution >= 4 is 0 Å². The summed E-state index contributed by atoms with van der Waals surface area (Å²) >= 11 is 0. The Morgan fingerprint density at radius 3 is 2.24 bits per heavy atom. The summed E-state index contributed by atoms with van der Waals surface area (Å²) in [6, 6.07) is 0. The van der Waals surface area contributed by atoms with Crippen LogP contribution in [0.2, 0.25) is 0 Å². The highest BCUT2D eigenvalue weighted by Crippen LogP contribution is 2.38. The van der Waals surface area contributed by atoms with Gasteiger partial charge in [-0.3, -0.25) is 0 Å². The first kappa shape index (κ1) is 18.7. The summed E-state index contributed by atoms with van der Waals surface area (Å²) < 4.78 is 1.30. The number of likely N-dealkylation sites (tertiary alicyclic amines) is 1. The third-order valence-corrected chi connectivity index (χ3v) is 6.45. The van der Waals surface area contributed by atoms with Gasteiger partial charge in [0.25, 0.3) is 0 Å². The van der Waals surface area contributed by atoms with E-state index in [4.69, 9.17) is 0 Å². The summed E-state index contributed by atoms with van der Waals surface area (Å²) in [6.07, 6.45) is 16.0. The number of hydrogen-bond acceptors (Lipinski definition) is 0. The molecule has 21 heavy (non-hydrogen) atoms. The van der Waals surface area contributed by atoms with E-state index < -0.39 is 0 Å². The molecule has 1 heteroatoms. The first-order valence-electron chi connectivity index (χ1n) is 9.39. The number of allylic oxidation sites excluding steroid dienone is 1. The number of unbranched alkanes of at least 4 members (excludes halogenated alkanes) is 7. The topological polar surface area (TPSA) is 0 Å². The zero-order valence-corrected chi connectivity index (χ0v) is 15.3. The van der Waals surface area contributed by atoms with Gasteiger partial charge in [-0.05, 0) is 52.4 Å². The predicted molar refractivity (Wildman–Crippen MR) is 95.5 cm³/mol. The van der Waals surface area contributed by atoms with Crippen LogP contribution in [0.3, 0.4) is 0 Å². The second kappa shape index (κ2) is 8.98. The van der Waals surface area contributed by atoms with Crippen LogP contribution in [0.25, 0.3) is 0 Å². The van der Waals surface area contributed by atoms with Crippen LogP contribution in [-0.4, -0.2) is 30.2 Å². The third-order valence-electron chi connectivity index (χ3n) is 6.45. The largest absolute Gasteiger partial charge is 0.321 e. The van der Waals surface area contributed by atoms with Gasteiger partial charge in [0, 0.05) is 5.92 Å². The molecule has 1 heterocycles. The molecule has 2 unspecified atom stereocenters. The molecule has 124 valence electrons. The van der Waals surface area contributed by atoms with Gasteiger partial charge in [0.1, 0.15) is 0 Å². The molecule has 1 saturated heterocycles. The van der Waals surface area contributed by atoms with Gasteiger partial charge in [-0.1, -0.05) is 38.7 Å². The van der Waals surface area contributed by atoms with Crippen molar-refractivity contribution in [2.45, 2.75) is 90.5 Å². The summed E-state index contributed by atoms with van der Waals surface area (Å²) in [5, 5.41) is 0. The third kappa shape index (κ3) is 5.43. The second-order valence-electron chi connectivity index (χ2n) is 8.09. The van der Waals surface area contributed by atoms with Crippen molar-refractivity contribution in [3.05, 3.63) is 12.7 Å². The van der Waals surface area contributed by atoms with E-state index in [9.17, 15) is 0 Å². The molecule has 1 rings (SSSR count). The first-order chi connectivity index (χ1) is 9.94. The normalized spacial score (nSPS) is 28.5. The van der Waals surface area contributed by atoms with E-state index in [-0.39, 0.29) is 0 Å². The fraction of sp³-hybridized carbons (Fsp3) is 0.900. The molecule has 0 N–H and O–H groups in total. The van der Waals surface area contributed by atoms with Crippen LogP contribution >= 0.6 is 0 Å². The number of piperidine rings is 1. The number of hydrogen-bond donors (Lipinski definition) is 0. The summed E-state index contributed by atoms with van der Waals surface area (Å²) in [7, 11) is 2.50. The van der Waals surface area contributed by atoms with E-state index in [2.05, 4.69) is 34.4 Å². The van der Waals surface area contributed by atoms with Gasteiger partial charge < -0.3 is 4.48 Å². The van der Waals surface area contributed by atoms with Crippen LogP contribution in [0.4, 0.5) is 0 Å². The molecule has 0 saturated carbocycles. The SMILES string of the molecule is C=CCCCCCCCCC[N+]1(C)CCCC(C)C1(C)C. The average molecular weight is 295 g/mol. The van der Waals surface area contributed by atoms with Gasteiger partial charge in [0.05, 0.1) is 25.7 Å². The zero-order valence-electron chi connectivity index (χ0n) is 15.3. The summed E-state index contributed by atoms with van der Waals surface area (Å²) in [4.78, 5) is 0. The molecular formula is C20H40N+. The van der Waals surface area contributed by atoms with Gasteiger partial charge in [-0.2, -0.15) is 0 Å². The highest BCUT2D eigenvalue weighted by atomic mass is 15.4. The van der Waals surface area contributed by atoms with Crippen LogP contribution in [0.1, 0.15) is 85.0 Å². The fourth-order valence-electron chi connectivity index (χ4n) is 3.95. The van der Waals surface area contributed by atoms with Crippen molar-refractivity contribution in [2.75, 3.05) is 20.1 Å². The lowest BCUT2D eigenvalue weighted by atomic mass is 9.78. The van der Waals surface area contributed by atoms with Crippen LogP contribution in [0.15, 0.2) is 12.7 Å². The quantitative estimate of drug-likeness (QED) is 0.265. The summed E-state index contributed by atoms with van der Waals surface area (Å²) in [5.74, 6) is 0.862. The van der Waals surface area contributed by atoms with Crippen molar-refractivity contribution in [2.24, 2.45) is 5.92 Å². The Morgan fingerprint density at radius 2 is 1.62 bits per heavy atom. The molecule has 0 aromatic rings. The molecular weight excluding hydrogens is 254 g/mol. The van der Waals surface area contributed by atoms with Crippen LogP contribution in [0.5, 0.6) is 0 Å². The molecule has 2 atom stereocenters. The van der Waals surface area contributed by atoms with E-state index in [0.29, 0.717) is 5.54 Å². The summed E-state index contributed by atoms with van der Waals surface area (Å²) in [5.41, 5.74) is 0.461. The van der Waals surface area contributed by atoms with Gasteiger partial charge in [0.15, 0.2) is 0 Å².